The molecule has 0 saturated heterocycles. The monoisotopic (exact) mass is 377 g/mol. The molecule has 1 aromatic heterocycles. The van der Waals surface area contributed by atoms with E-state index in [-0.39, 0.29) is 21.9 Å². The topological polar surface area (TPSA) is 79.4 Å². The number of rotatable bonds is 4. The van der Waals surface area contributed by atoms with Crippen LogP contribution in [0.1, 0.15) is 18.4 Å². The van der Waals surface area contributed by atoms with E-state index in [9.17, 15) is 13.2 Å². The second-order valence-electron chi connectivity index (χ2n) is 6.28. The molecule has 4 rings (SSSR count). The average molecular weight is 378 g/mol. The Balaban J connectivity index is 1.56. The van der Waals surface area contributed by atoms with Gasteiger partial charge in [-0.25, -0.2) is 13.4 Å². The fourth-order valence-corrected chi connectivity index (χ4v) is 4.09. The lowest BCUT2D eigenvalue weighted by atomic mass is 10.1. The summed E-state index contributed by atoms with van der Waals surface area (Å²) in [5.41, 5.74) is 2.32. The van der Waals surface area contributed by atoms with Gasteiger partial charge in [0, 0.05) is 30.0 Å². The Kier molecular flexibility index (Phi) is 3.92. The molecule has 2 heterocycles. The number of benzene rings is 1. The standard InChI is InChI=1S/C17H16ClN3O3S/c18-16-6-4-14(10-19-16)25(23,24)20-13-3-5-15-12(9-13)7-8-21(15)17(22)11-1-2-11/h3-6,9-11,20H,1-2,7-8H2. The maximum atomic E-state index is 12.4. The quantitative estimate of drug-likeness (QED) is 0.831. The number of nitrogens with one attached hydrogen (secondary N) is 1. The summed E-state index contributed by atoms with van der Waals surface area (Å²) in [6, 6.07) is 8.11. The minimum atomic E-state index is -3.73. The summed E-state index contributed by atoms with van der Waals surface area (Å²) in [7, 11) is -3.73. The van der Waals surface area contributed by atoms with Crippen molar-refractivity contribution < 1.29 is 13.2 Å². The van der Waals surface area contributed by atoms with E-state index < -0.39 is 10.0 Å². The molecule has 130 valence electrons. The predicted molar refractivity (Wildman–Crippen MR) is 95.3 cm³/mol. The van der Waals surface area contributed by atoms with Crippen molar-refractivity contribution in [2.24, 2.45) is 5.92 Å². The van der Waals surface area contributed by atoms with Crippen molar-refractivity contribution in [2.75, 3.05) is 16.2 Å². The Hall–Kier alpha value is -2.12. The van der Waals surface area contributed by atoms with E-state index in [1.54, 1.807) is 18.2 Å². The Labute approximate surface area is 150 Å². The molecule has 2 aliphatic rings. The van der Waals surface area contributed by atoms with Gasteiger partial charge in [-0.3, -0.25) is 9.52 Å². The first-order chi connectivity index (χ1) is 11.9. The van der Waals surface area contributed by atoms with E-state index in [0.29, 0.717) is 12.2 Å². The highest BCUT2D eigenvalue weighted by molar-refractivity contribution is 7.92. The number of carbonyl (C=O) groups excluding carboxylic acids is 1. The third-order valence-electron chi connectivity index (χ3n) is 4.43. The van der Waals surface area contributed by atoms with Crippen LogP contribution < -0.4 is 9.62 Å². The summed E-state index contributed by atoms with van der Waals surface area (Å²) in [6.45, 7) is 0.655. The number of aromatic nitrogens is 1. The van der Waals surface area contributed by atoms with Gasteiger partial charge in [-0.15, -0.1) is 0 Å². The lowest BCUT2D eigenvalue weighted by molar-refractivity contribution is -0.119. The molecule has 1 N–H and O–H groups in total. The highest BCUT2D eigenvalue weighted by Crippen LogP contribution is 2.37. The van der Waals surface area contributed by atoms with Crippen molar-refractivity contribution in [2.45, 2.75) is 24.2 Å². The number of fused-ring (bicyclic) bond motifs is 1. The van der Waals surface area contributed by atoms with Gasteiger partial charge in [0.1, 0.15) is 10.0 Å². The SMILES string of the molecule is O=C(C1CC1)N1CCc2cc(NS(=O)(=O)c3ccc(Cl)nc3)ccc21. The van der Waals surface area contributed by atoms with E-state index in [4.69, 9.17) is 11.6 Å². The lowest BCUT2D eigenvalue weighted by Crippen LogP contribution is -2.30. The van der Waals surface area contributed by atoms with Gasteiger partial charge in [0.15, 0.2) is 0 Å². The third-order valence-corrected chi connectivity index (χ3v) is 6.02. The summed E-state index contributed by atoms with van der Waals surface area (Å²) >= 11 is 5.69. The molecular weight excluding hydrogens is 362 g/mol. The Bertz CT molecular complexity index is 940. The first-order valence-corrected chi connectivity index (χ1v) is 9.89. The lowest BCUT2D eigenvalue weighted by Gasteiger charge is -2.17. The van der Waals surface area contributed by atoms with E-state index in [2.05, 4.69) is 9.71 Å². The van der Waals surface area contributed by atoms with Gasteiger partial charge >= 0.3 is 0 Å². The molecule has 1 aliphatic heterocycles. The summed E-state index contributed by atoms with van der Waals surface area (Å²) in [6.07, 6.45) is 3.88. The minimum absolute atomic E-state index is 0.0444. The Morgan fingerprint density at radius 1 is 1.24 bits per heavy atom. The zero-order valence-electron chi connectivity index (χ0n) is 13.3. The van der Waals surface area contributed by atoms with Gasteiger partial charge < -0.3 is 4.90 Å². The molecule has 0 atom stereocenters. The molecule has 2 aromatic rings. The number of sulfonamides is 1. The number of anilines is 2. The second-order valence-corrected chi connectivity index (χ2v) is 8.35. The van der Waals surface area contributed by atoms with Gasteiger partial charge in [-0.05, 0) is 55.2 Å². The molecule has 0 unspecified atom stereocenters. The molecule has 6 nitrogen and oxygen atoms in total. The van der Waals surface area contributed by atoms with Crippen LogP contribution in [-0.4, -0.2) is 25.9 Å². The molecule has 0 bridgehead atoms. The van der Waals surface area contributed by atoms with Crippen molar-refractivity contribution in [1.82, 2.24) is 4.98 Å². The Morgan fingerprint density at radius 3 is 2.72 bits per heavy atom. The van der Waals surface area contributed by atoms with Crippen molar-refractivity contribution in [3.8, 4) is 0 Å². The largest absolute Gasteiger partial charge is 0.312 e. The number of pyridine rings is 1. The molecule has 8 heteroatoms. The molecule has 1 amide bonds. The van der Waals surface area contributed by atoms with Crippen molar-refractivity contribution >= 4 is 38.9 Å². The summed E-state index contributed by atoms with van der Waals surface area (Å²) < 4.78 is 27.4. The molecule has 1 fully saturated rings. The van der Waals surface area contributed by atoms with Crippen LogP contribution in [0.4, 0.5) is 11.4 Å². The van der Waals surface area contributed by atoms with Crippen molar-refractivity contribution in [3.05, 3.63) is 47.2 Å². The number of amides is 1. The van der Waals surface area contributed by atoms with Crippen molar-refractivity contribution in [3.63, 3.8) is 0 Å². The van der Waals surface area contributed by atoms with Gasteiger partial charge in [0.25, 0.3) is 10.0 Å². The molecule has 25 heavy (non-hydrogen) atoms. The molecule has 0 radical (unpaired) electrons. The smallest absolute Gasteiger partial charge is 0.263 e. The van der Waals surface area contributed by atoms with Gasteiger partial charge in [-0.2, -0.15) is 0 Å². The number of halogens is 1. The number of nitrogens with zero attached hydrogens (tertiary/aromatic N) is 2. The van der Waals surface area contributed by atoms with E-state index >= 15 is 0 Å². The predicted octanol–water partition coefficient (Wildman–Crippen LogP) is 2.83. The van der Waals surface area contributed by atoms with Crippen LogP contribution >= 0.6 is 11.6 Å². The average Bonchev–Trinajstić information content (AvgIpc) is 3.34. The van der Waals surface area contributed by atoms with Crippen molar-refractivity contribution in [1.29, 1.82) is 0 Å². The Morgan fingerprint density at radius 2 is 2.04 bits per heavy atom. The van der Waals surface area contributed by atoms with Gasteiger partial charge in [-0.1, -0.05) is 11.6 Å². The molecule has 1 aliphatic carbocycles. The maximum Gasteiger partial charge on any atom is 0.263 e. The van der Waals surface area contributed by atoms with E-state index in [1.165, 1.54) is 18.3 Å². The maximum absolute atomic E-state index is 12.4. The van der Waals surface area contributed by atoms with Crippen LogP contribution in [-0.2, 0) is 21.2 Å². The molecule has 1 saturated carbocycles. The zero-order valence-corrected chi connectivity index (χ0v) is 14.8. The number of carbonyl (C=O) groups is 1. The van der Waals surface area contributed by atoms with Crippen LogP contribution in [0.5, 0.6) is 0 Å². The molecule has 1 aromatic carbocycles. The first-order valence-electron chi connectivity index (χ1n) is 8.03. The van der Waals surface area contributed by atoms with Gasteiger partial charge in [0.05, 0.1) is 0 Å². The molecule has 0 spiro atoms. The van der Waals surface area contributed by atoms with E-state index in [1.807, 2.05) is 4.90 Å². The number of hydrogen-bond acceptors (Lipinski definition) is 4. The molecular formula is C17H16ClN3O3S. The van der Waals surface area contributed by atoms with Crippen LogP contribution in [0.3, 0.4) is 0 Å². The van der Waals surface area contributed by atoms with Crippen LogP contribution in [0.25, 0.3) is 0 Å². The highest BCUT2D eigenvalue weighted by atomic mass is 35.5. The number of hydrogen-bond donors (Lipinski definition) is 1. The first kappa shape index (κ1) is 16.4. The summed E-state index contributed by atoms with van der Waals surface area (Å²) in [4.78, 5) is 18.0. The minimum Gasteiger partial charge on any atom is -0.312 e. The highest BCUT2D eigenvalue weighted by Gasteiger charge is 2.36. The zero-order chi connectivity index (χ0) is 17.6. The second kappa shape index (κ2) is 6.00. The fraction of sp³-hybridized carbons (Fsp3) is 0.294. The van der Waals surface area contributed by atoms with Crippen LogP contribution in [0.2, 0.25) is 5.15 Å². The van der Waals surface area contributed by atoms with Gasteiger partial charge in [0.2, 0.25) is 5.91 Å². The third kappa shape index (κ3) is 3.21. The summed E-state index contributed by atoms with van der Waals surface area (Å²) in [5, 5.41) is 0.233. The van der Waals surface area contributed by atoms with Crippen LogP contribution in [0.15, 0.2) is 41.4 Å². The fourth-order valence-electron chi connectivity index (χ4n) is 2.98. The summed E-state index contributed by atoms with van der Waals surface area (Å²) in [5.74, 6) is 0.348. The normalized spacial score (nSPS) is 16.6. The van der Waals surface area contributed by atoms with Crippen LogP contribution in [0, 0.1) is 5.92 Å². The van der Waals surface area contributed by atoms with E-state index in [0.717, 1.165) is 30.5 Å².